The van der Waals surface area contributed by atoms with Crippen molar-refractivity contribution in [1.82, 2.24) is 35.6 Å². The number of aliphatic imine (C=N–C) groups is 1. The molecule has 0 radical (unpaired) electrons. The Labute approximate surface area is 212 Å². The van der Waals surface area contributed by atoms with E-state index in [0.717, 1.165) is 54.9 Å². The van der Waals surface area contributed by atoms with Gasteiger partial charge in [-0.25, -0.2) is 4.99 Å². The van der Waals surface area contributed by atoms with Crippen molar-refractivity contribution in [1.29, 1.82) is 0 Å². The maximum atomic E-state index is 11.6. The third kappa shape index (κ3) is 8.14. The number of methoxy groups -OCH3 is 1. The first-order chi connectivity index (χ1) is 15.5. The van der Waals surface area contributed by atoms with E-state index < -0.39 is 0 Å². The zero-order valence-corrected chi connectivity index (χ0v) is 22.1. The number of hydrogen-bond acceptors (Lipinski definition) is 6. The van der Waals surface area contributed by atoms with E-state index in [9.17, 15) is 4.79 Å². The number of nitrogens with zero attached hydrogens (tertiary/aromatic N) is 5. The number of amides is 1. The smallest absolute Gasteiger partial charge is 0.233 e. The van der Waals surface area contributed by atoms with E-state index in [1.54, 1.807) is 14.2 Å². The van der Waals surface area contributed by atoms with Crippen LogP contribution in [0.5, 0.6) is 5.75 Å². The van der Waals surface area contributed by atoms with Gasteiger partial charge < -0.3 is 25.3 Å². The Hall–Kier alpha value is -2.41. The summed E-state index contributed by atoms with van der Waals surface area (Å²) in [7, 11) is 5.29. The third-order valence-corrected chi connectivity index (χ3v) is 5.75. The standard InChI is InChI=1S/C22H34N8O2.HI/c1-16-27-28-20(29(16)3)14-25-22(24-13-17-5-7-19(32-4)8-6-17)26-18-9-11-30(12-10-18)15-21(31)23-2;/h5-8,18H,9-15H2,1-4H3,(H,23,31)(H2,24,25,26);1H. The van der Waals surface area contributed by atoms with Gasteiger partial charge >= 0.3 is 0 Å². The van der Waals surface area contributed by atoms with Crippen molar-refractivity contribution in [3.8, 4) is 5.75 Å². The average molecular weight is 570 g/mol. The molecule has 3 rings (SSSR count). The van der Waals surface area contributed by atoms with Gasteiger partial charge in [0, 0.05) is 33.2 Å². The van der Waals surface area contributed by atoms with E-state index in [1.165, 1.54) is 0 Å². The molecule has 1 saturated heterocycles. The predicted molar refractivity (Wildman–Crippen MR) is 139 cm³/mol. The summed E-state index contributed by atoms with van der Waals surface area (Å²) < 4.78 is 7.19. The maximum Gasteiger partial charge on any atom is 0.233 e. The third-order valence-electron chi connectivity index (χ3n) is 5.75. The molecule has 0 aliphatic carbocycles. The molecule has 0 spiro atoms. The maximum absolute atomic E-state index is 11.6. The Balaban J connectivity index is 0.00000385. The minimum Gasteiger partial charge on any atom is -0.497 e. The molecule has 1 aromatic heterocycles. The second kappa shape index (κ2) is 13.3. The molecule has 2 aromatic rings. The summed E-state index contributed by atoms with van der Waals surface area (Å²) in [6.45, 7) is 5.21. The highest BCUT2D eigenvalue weighted by Crippen LogP contribution is 2.13. The molecule has 33 heavy (non-hydrogen) atoms. The number of carbonyl (C=O) groups is 1. The summed E-state index contributed by atoms with van der Waals surface area (Å²) in [6, 6.07) is 8.21. The number of aryl methyl sites for hydroxylation is 1. The van der Waals surface area contributed by atoms with Gasteiger partial charge in [0.05, 0.1) is 26.7 Å². The van der Waals surface area contributed by atoms with Gasteiger partial charge in [0.25, 0.3) is 0 Å². The number of ether oxygens (including phenoxy) is 1. The summed E-state index contributed by atoms with van der Waals surface area (Å²) in [4.78, 5) is 18.6. The number of aromatic nitrogens is 3. The van der Waals surface area contributed by atoms with Crippen molar-refractivity contribution < 1.29 is 9.53 Å². The van der Waals surface area contributed by atoms with Gasteiger partial charge in [-0.3, -0.25) is 9.69 Å². The summed E-state index contributed by atoms with van der Waals surface area (Å²) in [5, 5.41) is 18.0. The van der Waals surface area contributed by atoms with Crippen LogP contribution in [0.25, 0.3) is 0 Å². The molecular weight excluding hydrogens is 535 g/mol. The van der Waals surface area contributed by atoms with Crippen LogP contribution in [0.4, 0.5) is 0 Å². The van der Waals surface area contributed by atoms with E-state index >= 15 is 0 Å². The fraction of sp³-hybridized carbons (Fsp3) is 0.545. The number of halogens is 1. The molecule has 1 fully saturated rings. The minimum atomic E-state index is 0. The summed E-state index contributed by atoms with van der Waals surface area (Å²) in [5.41, 5.74) is 1.10. The Morgan fingerprint density at radius 1 is 1.21 bits per heavy atom. The second-order valence-corrected chi connectivity index (χ2v) is 7.96. The van der Waals surface area contributed by atoms with Gasteiger partial charge in [-0.05, 0) is 37.5 Å². The molecule has 3 N–H and O–H groups in total. The van der Waals surface area contributed by atoms with Gasteiger partial charge in [0.1, 0.15) is 11.6 Å². The monoisotopic (exact) mass is 570 g/mol. The van der Waals surface area contributed by atoms with Crippen LogP contribution in [-0.2, 0) is 24.9 Å². The van der Waals surface area contributed by atoms with E-state index in [0.29, 0.717) is 25.7 Å². The molecule has 0 atom stereocenters. The Morgan fingerprint density at radius 3 is 2.48 bits per heavy atom. The summed E-state index contributed by atoms with van der Waals surface area (Å²) in [6.07, 6.45) is 1.90. The lowest BCUT2D eigenvalue weighted by molar-refractivity contribution is -0.122. The quantitative estimate of drug-likeness (QED) is 0.249. The molecule has 1 aromatic carbocycles. The number of guanidine groups is 1. The molecule has 1 amide bonds. The number of likely N-dealkylation sites (tertiary alicyclic amines) is 1. The second-order valence-electron chi connectivity index (χ2n) is 7.96. The van der Waals surface area contributed by atoms with Gasteiger partial charge in [-0.2, -0.15) is 0 Å². The largest absolute Gasteiger partial charge is 0.497 e. The Bertz CT molecular complexity index is 908. The normalized spacial score (nSPS) is 15.0. The summed E-state index contributed by atoms with van der Waals surface area (Å²) >= 11 is 0. The van der Waals surface area contributed by atoms with Crippen molar-refractivity contribution in [3.05, 3.63) is 41.5 Å². The van der Waals surface area contributed by atoms with Gasteiger partial charge in [0.2, 0.25) is 5.91 Å². The lowest BCUT2D eigenvalue weighted by Gasteiger charge is -2.32. The van der Waals surface area contributed by atoms with E-state index in [2.05, 4.69) is 31.0 Å². The highest BCUT2D eigenvalue weighted by Gasteiger charge is 2.21. The van der Waals surface area contributed by atoms with E-state index in [4.69, 9.17) is 9.73 Å². The number of benzene rings is 1. The van der Waals surface area contributed by atoms with Crippen LogP contribution >= 0.6 is 24.0 Å². The number of hydrogen-bond donors (Lipinski definition) is 3. The zero-order chi connectivity index (χ0) is 22.9. The van der Waals surface area contributed by atoms with Crippen LogP contribution in [0, 0.1) is 6.92 Å². The molecule has 11 heteroatoms. The lowest BCUT2D eigenvalue weighted by atomic mass is 10.1. The Morgan fingerprint density at radius 2 is 1.91 bits per heavy atom. The Kier molecular flexibility index (Phi) is 10.8. The van der Waals surface area contributed by atoms with Crippen molar-refractivity contribution in [2.75, 3.05) is 33.8 Å². The fourth-order valence-corrected chi connectivity index (χ4v) is 3.53. The number of piperidine rings is 1. The van der Waals surface area contributed by atoms with Gasteiger partial charge in [0.15, 0.2) is 11.8 Å². The molecule has 1 aliphatic heterocycles. The van der Waals surface area contributed by atoms with Crippen LogP contribution in [0.2, 0.25) is 0 Å². The first-order valence-electron chi connectivity index (χ1n) is 10.9. The van der Waals surface area contributed by atoms with Crippen LogP contribution in [-0.4, -0.2) is 71.4 Å². The average Bonchev–Trinajstić information content (AvgIpc) is 3.14. The van der Waals surface area contributed by atoms with Crippen LogP contribution in [0.3, 0.4) is 0 Å². The molecular formula is C22H35IN8O2. The highest BCUT2D eigenvalue weighted by molar-refractivity contribution is 14.0. The number of carbonyl (C=O) groups excluding carboxylic acids is 1. The van der Waals surface area contributed by atoms with Crippen molar-refractivity contribution >= 4 is 35.8 Å². The first kappa shape index (κ1) is 26.8. The first-order valence-corrected chi connectivity index (χ1v) is 10.9. The topological polar surface area (TPSA) is 109 Å². The zero-order valence-electron chi connectivity index (χ0n) is 19.8. The van der Waals surface area contributed by atoms with Crippen LogP contribution < -0.4 is 20.7 Å². The molecule has 10 nitrogen and oxygen atoms in total. The number of nitrogens with one attached hydrogen (secondary N) is 3. The van der Waals surface area contributed by atoms with Gasteiger partial charge in [-0.1, -0.05) is 12.1 Å². The summed E-state index contributed by atoms with van der Waals surface area (Å²) in [5.74, 6) is 3.34. The van der Waals surface area contributed by atoms with Crippen LogP contribution in [0.15, 0.2) is 29.3 Å². The molecule has 0 unspecified atom stereocenters. The minimum absolute atomic E-state index is 0. The molecule has 0 saturated carbocycles. The molecule has 2 heterocycles. The molecule has 1 aliphatic rings. The lowest BCUT2D eigenvalue weighted by Crippen LogP contribution is -2.50. The van der Waals surface area contributed by atoms with E-state index in [1.807, 2.05) is 42.8 Å². The van der Waals surface area contributed by atoms with Crippen molar-refractivity contribution in [3.63, 3.8) is 0 Å². The fourth-order valence-electron chi connectivity index (χ4n) is 3.53. The van der Waals surface area contributed by atoms with E-state index in [-0.39, 0.29) is 29.9 Å². The van der Waals surface area contributed by atoms with Crippen molar-refractivity contribution in [2.45, 2.75) is 38.9 Å². The van der Waals surface area contributed by atoms with Crippen molar-refractivity contribution in [2.24, 2.45) is 12.0 Å². The predicted octanol–water partition coefficient (Wildman–Crippen LogP) is 1.20. The molecule has 182 valence electrons. The number of likely N-dealkylation sites (N-methyl/N-ethyl adjacent to an activating group) is 1. The SMILES string of the molecule is CNC(=O)CN1CCC(NC(=NCc2ccc(OC)cc2)NCc2nnc(C)n2C)CC1.I. The van der Waals surface area contributed by atoms with Crippen LogP contribution in [0.1, 0.15) is 30.1 Å². The highest BCUT2D eigenvalue weighted by atomic mass is 127. The number of rotatable bonds is 8. The van der Waals surface area contributed by atoms with Gasteiger partial charge in [-0.15, -0.1) is 34.2 Å². The molecule has 0 bridgehead atoms.